The van der Waals surface area contributed by atoms with Crippen LogP contribution in [0.1, 0.15) is 23.3 Å². The monoisotopic (exact) mass is 362 g/mol. The number of furan rings is 1. The van der Waals surface area contributed by atoms with Gasteiger partial charge in [0.15, 0.2) is 0 Å². The van der Waals surface area contributed by atoms with Crippen LogP contribution in [0.15, 0.2) is 52.9 Å². The lowest BCUT2D eigenvalue weighted by Gasteiger charge is -2.18. The number of hydrogen-bond donors (Lipinski definition) is 1. The summed E-state index contributed by atoms with van der Waals surface area (Å²) in [5.74, 6) is -0.343. The number of carbonyl (C=O) groups is 2. The molecule has 5 heteroatoms. The maximum Gasteiger partial charge on any atom is 0.239 e. The average molecular weight is 362 g/mol. The number of amides is 2. The third-order valence-electron chi connectivity index (χ3n) is 5.24. The van der Waals surface area contributed by atoms with Gasteiger partial charge in [0, 0.05) is 17.6 Å². The first-order valence-corrected chi connectivity index (χ1v) is 9.17. The highest BCUT2D eigenvalue weighted by Gasteiger charge is 2.37. The van der Waals surface area contributed by atoms with Crippen LogP contribution in [0.2, 0.25) is 0 Å². The normalized spacial score (nSPS) is 16.9. The lowest BCUT2D eigenvalue weighted by molar-refractivity contribution is -0.132. The van der Waals surface area contributed by atoms with Gasteiger partial charge in [-0.25, -0.2) is 0 Å². The smallest absolute Gasteiger partial charge is 0.239 e. The molecule has 138 valence electrons. The van der Waals surface area contributed by atoms with Crippen LogP contribution in [0.5, 0.6) is 0 Å². The van der Waals surface area contributed by atoms with Crippen molar-refractivity contribution in [3.05, 3.63) is 65.4 Å². The van der Waals surface area contributed by atoms with E-state index in [1.54, 1.807) is 4.90 Å². The Kier molecular flexibility index (Phi) is 4.44. The molecule has 0 aliphatic carbocycles. The van der Waals surface area contributed by atoms with Crippen LogP contribution in [-0.4, -0.2) is 18.4 Å². The number of para-hydroxylation sites is 1. The number of hydrogen-bond acceptors (Lipinski definition) is 3. The molecule has 1 saturated heterocycles. The largest absolute Gasteiger partial charge is 0.459 e. The van der Waals surface area contributed by atoms with Crippen molar-refractivity contribution in [1.82, 2.24) is 5.32 Å². The Bertz CT molecular complexity index is 988. The minimum absolute atomic E-state index is 0.139. The van der Waals surface area contributed by atoms with E-state index in [-0.39, 0.29) is 18.4 Å². The number of aryl methyl sites for hydroxylation is 2. The topological polar surface area (TPSA) is 62.6 Å². The van der Waals surface area contributed by atoms with Crippen LogP contribution in [0.3, 0.4) is 0 Å². The lowest BCUT2D eigenvalue weighted by Crippen LogP contribution is -2.36. The molecule has 3 aromatic rings. The number of fused-ring (bicyclic) bond motifs is 1. The fourth-order valence-electron chi connectivity index (χ4n) is 3.49. The van der Waals surface area contributed by atoms with E-state index in [9.17, 15) is 9.59 Å². The van der Waals surface area contributed by atoms with E-state index in [0.717, 1.165) is 22.2 Å². The number of nitrogens with one attached hydrogen (secondary N) is 1. The summed E-state index contributed by atoms with van der Waals surface area (Å²) in [4.78, 5) is 27.0. The Morgan fingerprint density at radius 3 is 2.74 bits per heavy atom. The van der Waals surface area contributed by atoms with E-state index in [1.165, 1.54) is 5.56 Å². The fraction of sp³-hybridized carbons (Fsp3) is 0.273. The van der Waals surface area contributed by atoms with Crippen LogP contribution in [-0.2, 0) is 16.1 Å². The summed E-state index contributed by atoms with van der Waals surface area (Å²) < 4.78 is 5.71. The van der Waals surface area contributed by atoms with Crippen molar-refractivity contribution in [2.45, 2.75) is 26.8 Å². The zero-order valence-corrected chi connectivity index (χ0v) is 15.5. The third kappa shape index (κ3) is 3.33. The molecule has 1 aliphatic heterocycles. The molecule has 1 N–H and O–H groups in total. The molecule has 1 fully saturated rings. The van der Waals surface area contributed by atoms with E-state index in [1.807, 2.05) is 62.4 Å². The predicted octanol–water partition coefficient (Wildman–Crippen LogP) is 3.72. The molecule has 4 rings (SSSR count). The van der Waals surface area contributed by atoms with E-state index in [4.69, 9.17) is 4.42 Å². The zero-order chi connectivity index (χ0) is 19.0. The van der Waals surface area contributed by atoms with Crippen molar-refractivity contribution in [3.8, 4) is 0 Å². The van der Waals surface area contributed by atoms with Crippen molar-refractivity contribution in [3.63, 3.8) is 0 Å². The second-order valence-corrected chi connectivity index (χ2v) is 7.07. The molecular weight excluding hydrogens is 340 g/mol. The SMILES string of the molecule is Cc1ccc(N2CC[C@@H](C(=O)NCc3cc4ccccc4o3)C2=O)cc1C. The third-order valence-corrected chi connectivity index (χ3v) is 5.24. The first kappa shape index (κ1) is 17.3. The van der Waals surface area contributed by atoms with Gasteiger partial charge in [-0.1, -0.05) is 24.3 Å². The Balaban J connectivity index is 1.41. The maximum atomic E-state index is 12.7. The quantitative estimate of drug-likeness (QED) is 0.720. The van der Waals surface area contributed by atoms with Gasteiger partial charge in [-0.2, -0.15) is 0 Å². The predicted molar refractivity (Wildman–Crippen MR) is 104 cm³/mol. The Morgan fingerprint density at radius 2 is 1.96 bits per heavy atom. The van der Waals surface area contributed by atoms with Gasteiger partial charge in [-0.15, -0.1) is 0 Å². The van der Waals surface area contributed by atoms with Crippen LogP contribution in [0.4, 0.5) is 5.69 Å². The molecule has 0 bridgehead atoms. The molecule has 0 saturated carbocycles. The van der Waals surface area contributed by atoms with Crippen LogP contribution < -0.4 is 10.2 Å². The molecule has 0 spiro atoms. The summed E-state index contributed by atoms with van der Waals surface area (Å²) in [6.45, 7) is 4.90. The Hall–Kier alpha value is -3.08. The summed E-state index contributed by atoms with van der Waals surface area (Å²) >= 11 is 0. The highest BCUT2D eigenvalue weighted by molar-refractivity contribution is 6.09. The Labute approximate surface area is 158 Å². The summed E-state index contributed by atoms with van der Waals surface area (Å²) in [5, 5.41) is 3.84. The van der Waals surface area contributed by atoms with Crippen LogP contribution in [0.25, 0.3) is 11.0 Å². The van der Waals surface area contributed by atoms with Gasteiger partial charge < -0.3 is 14.6 Å². The van der Waals surface area contributed by atoms with Crippen molar-refractivity contribution in [2.24, 2.45) is 5.92 Å². The highest BCUT2D eigenvalue weighted by Crippen LogP contribution is 2.27. The molecular formula is C22H22N2O3. The molecule has 1 atom stereocenters. The van der Waals surface area contributed by atoms with Crippen LogP contribution >= 0.6 is 0 Å². The standard InChI is InChI=1S/C22H22N2O3/c1-14-7-8-17(11-15(14)2)24-10-9-19(22(24)26)21(25)23-13-18-12-16-5-3-4-6-20(16)27-18/h3-8,11-12,19H,9-10,13H2,1-2H3,(H,23,25)/t19-/m0/s1. The second kappa shape index (κ2) is 6.91. The van der Waals surface area contributed by atoms with Crippen LogP contribution in [0, 0.1) is 19.8 Å². The maximum absolute atomic E-state index is 12.7. The second-order valence-electron chi connectivity index (χ2n) is 7.07. The van der Waals surface area contributed by atoms with Crippen molar-refractivity contribution in [1.29, 1.82) is 0 Å². The summed E-state index contributed by atoms with van der Waals surface area (Å²) in [6.07, 6.45) is 0.526. The van der Waals surface area contributed by atoms with Crippen molar-refractivity contribution in [2.75, 3.05) is 11.4 Å². The number of rotatable bonds is 4. The number of carbonyl (C=O) groups excluding carboxylic acids is 2. The molecule has 2 aromatic carbocycles. The van der Waals surface area contributed by atoms with Gasteiger partial charge in [0.2, 0.25) is 11.8 Å². The molecule has 5 nitrogen and oxygen atoms in total. The van der Waals surface area contributed by atoms with E-state index in [2.05, 4.69) is 5.32 Å². The number of benzene rings is 2. The molecule has 2 heterocycles. The minimum Gasteiger partial charge on any atom is -0.459 e. The molecule has 2 amide bonds. The van der Waals surface area contributed by atoms with Crippen molar-refractivity contribution >= 4 is 28.5 Å². The summed E-state index contributed by atoms with van der Waals surface area (Å²) in [6, 6.07) is 15.6. The van der Waals surface area contributed by atoms with Crippen molar-refractivity contribution < 1.29 is 14.0 Å². The van der Waals surface area contributed by atoms with Gasteiger partial charge in [0.05, 0.1) is 6.54 Å². The van der Waals surface area contributed by atoms with E-state index >= 15 is 0 Å². The molecule has 0 radical (unpaired) electrons. The molecule has 27 heavy (non-hydrogen) atoms. The van der Waals surface area contributed by atoms with Gasteiger partial charge in [-0.3, -0.25) is 9.59 Å². The summed E-state index contributed by atoms with van der Waals surface area (Å²) in [5.41, 5.74) is 3.97. The molecule has 1 aliphatic rings. The first-order valence-electron chi connectivity index (χ1n) is 9.17. The van der Waals surface area contributed by atoms with E-state index in [0.29, 0.717) is 18.7 Å². The summed E-state index contributed by atoms with van der Waals surface area (Å²) in [7, 11) is 0. The Morgan fingerprint density at radius 1 is 1.15 bits per heavy atom. The highest BCUT2D eigenvalue weighted by atomic mass is 16.3. The number of anilines is 1. The first-order chi connectivity index (χ1) is 13.0. The van der Waals surface area contributed by atoms with E-state index < -0.39 is 5.92 Å². The molecule has 1 aromatic heterocycles. The van der Waals surface area contributed by atoms with Gasteiger partial charge in [0.25, 0.3) is 0 Å². The molecule has 0 unspecified atom stereocenters. The lowest BCUT2D eigenvalue weighted by atomic mass is 10.1. The van der Waals surface area contributed by atoms with Gasteiger partial charge in [-0.05, 0) is 55.7 Å². The van der Waals surface area contributed by atoms with Gasteiger partial charge >= 0.3 is 0 Å². The fourth-order valence-corrected chi connectivity index (χ4v) is 3.49. The zero-order valence-electron chi connectivity index (χ0n) is 15.5. The average Bonchev–Trinajstić information content (AvgIpc) is 3.25. The van der Waals surface area contributed by atoms with Gasteiger partial charge in [0.1, 0.15) is 17.3 Å². The number of nitrogens with zero attached hydrogens (tertiary/aromatic N) is 1. The minimum atomic E-state index is -0.643.